The van der Waals surface area contributed by atoms with Crippen molar-refractivity contribution in [1.29, 1.82) is 0 Å². The van der Waals surface area contributed by atoms with Crippen LogP contribution in [0.1, 0.15) is 96.8 Å². The summed E-state index contributed by atoms with van der Waals surface area (Å²) in [4.78, 5) is 10.3. The van der Waals surface area contributed by atoms with Gasteiger partial charge in [0, 0.05) is 6.42 Å². The number of allylic oxidation sites excluding steroid dienone is 2. The first-order chi connectivity index (χ1) is 9.77. The van der Waals surface area contributed by atoms with Gasteiger partial charge in [0.2, 0.25) is 0 Å². The van der Waals surface area contributed by atoms with Crippen molar-refractivity contribution in [3.8, 4) is 0 Å². The molecule has 0 unspecified atom stereocenters. The first-order valence-corrected chi connectivity index (χ1v) is 8.64. The van der Waals surface area contributed by atoms with Crippen LogP contribution in [0, 0.1) is 0 Å². The fourth-order valence-electron chi connectivity index (χ4n) is 2.33. The van der Waals surface area contributed by atoms with E-state index in [1.807, 2.05) is 0 Å². The van der Waals surface area contributed by atoms with Gasteiger partial charge in [-0.15, -0.1) is 0 Å². The lowest BCUT2D eigenvalue weighted by Crippen LogP contribution is -1.93. The minimum Gasteiger partial charge on any atom is -0.481 e. The van der Waals surface area contributed by atoms with Gasteiger partial charge in [0.15, 0.2) is 0 Å². The van der Waals surface area contributed by atoms with E-state index in [0.717, 1.165) is 12.8 Å². The van der Waals surface area contributed by atoms with Gasteiger partial charge in [0.1, 0.15) is 0 Å². The summed E-state index contributed by atoms with van der Waals surface area (Å²) in [6.07, 6.45) is 21.2. The van der Waals surface area contributed by atoms with E-state index in [2.05, 4.69) is 19.1 Å². The van der Waals surface area contributed by atoms with Gasteiger partial charge in [0.25, 0.3) is 0 Å². The second-order valence-corrected chi connectivity index (χ2v) is 5.73. The van der Waals surface area contributed by atoms with Crippen molar-refractivity contribution >= 4 is 5.97 Å². The van der Waals surface area contributed by atoms with Crippen molar-refractivity contribution in [3.05, 3.63) is 12.2 Å². The van der Waals surface area contributed by atoms with E-state index in [1.165, 1.54) is 70.6 Å². The molecule has 0 bridgehead atoms. The molecule has 0 radical (unpaired) electrons. The Morgan fingerprint density at radius 3 is 1.70 bits per heavy atom. The summed E-state index contributed by atoms with van der Waals surface area (Å²) in [5.74, 6) is -0.659. The first-order valence-electron chi connectivity index (χ1n) is 8.64. The van der Waals surface area contributed by atoms with Gasteiger partial charge in [-0.25, -0.2) is 0 Å². The van der Waals surface area contributed by atoms with Gasteiger partial charge in [-0.2, -0.15) is 0 Å². The van der Waals surface area contributed by atoms with E-state index in [1.54, 1.807) is 0 Å². The van der Waals surface area contributed by atoms with E-state index in [-0.39, 0.29) is 0 Å². The Bertz CT molecular complexity index is 234. The van der Waals surface area contributed by atoms with Crippen LogP contribution in [0.5, 0.6) is 0 Å². The second kappa shape index (κ2) is 16.3. The van der Waals surface area contributed by atoms with E-state index < -0.39 is 5.97 Å². The van der Waals surface area contributed by atoms with Crippen molar-refractivity contribution < 1.29 is 9.90 Å². The SMILES string of the molecule is CCCC/C=C\CCCCCCCCCCCC(=O)O. The van der Waals surface area contributed by atoms with Crippen LogP contribution in [0.4, 0.5) is 0 Å². The highest BCUT2D eigenvalue weighted by Gasteiger charge is 1.96. The van der Waals surface area contributed by atoms with Crippen LogP contribution in [0.2, 0.25) is 0 Å². The highest BCUT2D eigenvalue weighted by molar-refractivity contribution is 5.66. The molecule has 2 nitrogen and oxygen atoms in total. The minimum absolute atomic E-state index is 0.339. The zero-order valence-corrected chi connectivity index (χ0v) is 13.4. The topological polar surface area (TPSA) is 37.3 Å². The minimum atomic E-state index is -0.659. The van der Waals surface area contributed by atoms with Crippen LogP contribution in [0.25, 0.3) is 0 Å². The third-order valence-corrected chi connectivity index (χ3v) is 3.65. The Morgan fingerprint density at radius 2 is 1.20 bits per heavy atom. The maximum absolute atomic E-state index is 10.3. The van der Waals surface area contributed by atoms with Crippen molar-refractivity contribution in [2.45, 2.75) is 96.8 Å². The van der Waals surface area contributed by atoms with Crippen LogP contribution in [0.15, 0.2) is 12.2 Å². The predicted molar refractivity (Wildman–Crippen MR) is 87.1 cm³/mol. The van der Waals surface area contributed by atoms with Gasteiger partial charge >= 0.3 is 5.97 Å². The molecular weight excluding hydrogens is 248 g/mol. The fraction of sp³-hybridized carbons (Fsp3) is 0.833. The third-order valence-electron chi connectivity index (χ3n) is 3.65. The summed E-state index contributed by atoms with van der Waals surface area (Å²) in [6, 6.07) is 0. The Balaban J connectivity index is 3.02. The normalized spacial score (nSPS) is 11.2. The molecule has 2 heteroatoms. The van der Waals surface area contributed by atoms with Crippen molar-refractivity contribution in [3.63, 3.8) is 0 Å². The average molecular weight is 282 g/mol. The smallest absolute Gasteiger partial charge is 0.303 e. The maximum atomic E-state index is 10.3. The van der Waals surface area contributed by atoms with Crippen LogP contribution in [-0.4, -0.2) is 11.1 Å². The number of carbonyl (C=O) groups is 1. The Hall–Kier alpha value is -0.790. The largest absolute Gasteiger partial charge is 0.481 e. The molecule has 0 saturated heterocycles. The Kier molecular flexibility index (Phi) is 15.6. The molecule has 0 aromatic carbocycles. The molecule has 0 aromatic rings. The summed E-state index contributed by atoms with van der Waals surface area (Å²) in [5.41, 5.74) is 0. The van der Waals surface area contributed by atoms with Crippen LogP contribution in [-0.2, 0) is 4.79 Å². The molecule has 0 saturated carbocycles. The summed E-state index contributed by atoms with van der Waals surface area (Å²) in [6.45, 7) is 2.24. The molecule has 0 heterocycles. The molecule has 0 aliphatic heterocycles. The Labute approximate surface area is 125 Å². The number of carboxylic acids is 1. The van der Waals surface area contributed by atoms with E-state index in [9.17, 15) is 4.79 Å². The monoisotopic (exact) mass is 282 g/mol. The summed E-state index contributed by atoms with van der Waals surface area (Å²) < 4.78 is 0. The van der Waals surface area contributed by atoms with Gasteiger partial charge in [-0.3, -0.25) is 4.79 Å². The fourth-order valence-corrected chi connectivity index (χ4v) is 2.33. The third kappa shape index (κ3) is 17.2. The van der Waals surface area contributed by atoms with Gasteiger partial charge in [-0.1, -0.05) is 76.9 Å². The zero-order valence-electron chi connectivity index (χ0n) is 13.4. The molecule has 0 fully saturated rings. The quantitative estimate of drug-likeness (QED) is 0.291. The predicted octanol–water partition coefficient (Wildman–Crippen LogP) is 6.11. The number of hydrogen-bond donors (Lipinski definition) is 1. The molecule has 0 aliphatic rings. The Morgan fingerprint density at radius 1 is 0.750 bits per heavy atom. The number of aliphatic carboxylic acids is 1. The highest BCUT2D eigenvalue weighted by atomic mass is 16.4. The van der Waals surface area contributed by atoms with E-state index >= 15 is 0 Å². The summed E-state index contributed by atoms with van der Waals surface area (Å²) in [7, 11) is 0. The lowest BCUT2D eigenvalue weighted by atomic mass is 10.1. The molecule has 20 heavy (non-hydrogen) atoms. The molecule has 0 spiro atoms. The molecule has 118 valence electrons. The first kappa shape index (κ1) is 19.2. The molecule has 0 atom stereocenters. The maximum Gasteiger partial charge on any atom is 0.303 e. The lowest BCUT2D eigenvalue weighted by Gasteiger charge is -2.01. The number of unbranched alkanes of at least 4 members (excludes halogenated alkanes) is 11. The second-order valence-electron chi connectivity index (χ2n) is 5.73. The highest BCUT2D eigenvalue weighted by Crippen LogP contribution is 2.11. The van der Waals surface area contributed by atoms with Gasteiger partial charge in [0.05, 0.1) is 0 Å². The van der Waals surface area contributed by atoms with Gasteiger partial charge < -0.3 is 5.11 Å². The molecule has 0 amide bonds. The lowest BCUT2D eigenvalue weighted by molar-refractivity contribution is -0.137. The number of rotatable bonds is 15. The molecule has 0 aromatic heterocycles. The zero-order chi connectivity index (χ0) is 14.9. The molecule has 0 aliphatic carbocycles. The van der Waals surface area contributed by atoms with Crippen LogP contribution in [0.3, 0.4) is 0 Å². The molecule has 0 rings (SSSR count). The van der Waals surface area contributed by atoms with Crippen molar-refractivity contribution in [2.75, 3.05) is 0 Å². The summed E-state index contributed by atoms with van der Waals surface area (Å²) in [5, 5.41) is 8.51. The van der Waals surface area contributed by atoms with E-state index in [4.69, 9.17) is 5.11 Å². The summed E-state index contributed by atoms with van der Waals surface area (Å²) >= 11 is 0. The van der Waals surface area contributed by atoms with Crippen LogP contribution >= 0.6 is 0 Å². The van der Waals surface area contributed by atoms with Crippen LogP contribution < -0.4 is 0 Å². The standard InChI is InChI=1S/C18H34O2/c1-2-3-4-5-6-7-8-9-10-11-12-13-14-15-16-17-18(19)20/h5-6H,2-4,7-17H2,1H3,(H,19,20)/b6-5-. The molecular formula is C18H34O2. The number of hydrogen-bond acceptors (Lipinski definition) is 1. The number of carboxylic acid groups (broad SMARTS) is 1. The van der Waals surface area contributed by atoms with Gasteiger partial charge in [-0.05, 0) is 25.7 Å². The van der Waals surface area contributed by atoms with Crippen molar-refractivity contribution in [1.82, 2.24) is 0 Å². The molecule has 1 N–H and O–H groups in total. The average Bonchev–Trinajstić information content (AvgIpc) is 2.43. The van der Waals surface area contributed by atoms with Crippen molar-refractivity contribution in [2.24, 2.45) is 0 Å². The van der Waals surface area contributed by atoms with E-state index in [0.29, 0.717) is 6.42 Å².